The van der Waals surface area contributed by atoms with Crippen molar-refractivity contribution in [1.29, 1.82) is 0 Å². The first kappa shape index (κ1) is 21.5. The second kappa shape index (κ2) is 10.6. The van der Waals surface area contributed by atoms with E-state index in [0.29, 0.717) is 17.8 Å². The molecule has 0 saturated carbocycles. The predicted molar refractivity (Wildman–Crippen MR) is 120 cm³/mol. The average Bonchev–Trinajstić information content (AvgIpc) is 2.74. The van der Waals surface area contributed by atoms with E-state index in [1.54, 1.807) is 12.1 Å². The summed E-state index contributed by atoms with van der Waals surface area (Å²) in [5.41, 5.74) is 2.33. The highest BCUT2D eigenvalue weighted by Crippen LogP contribution is 2.22. The van der Waals surface area contributed by atoms with Crippen LogP contribution in [0.5, 0.6) is 0 Å². The molecule has 2 aromatic carbocycles. The minimum Gasteiger partial charge on any atom is -0.352 e. The van der Waals surface area contributed by atoms with E-state index in [1.807, 2.05) is 31.2 Å². The molecule has 2 aromatic rings. The maximum Gasteiger partial charge on any atom is 0.253 e. The van der Waals surface area contributed by atoms with Crippen LogP contribution >= 0.6 is 15.9 Å². The van der Waals surface area contributed by atoms with Crippen LogP contribution in [0.3, 0.4) is 0 Å². The lowest BCUT2D eigenvalue weighted by Gasteiger charge is -2.32. The van der Waals surface area contributed by atoms with Crippen LogP contribution in [0, 0.1) is 5.92 Å². The Balaban J connectivity index is 1.62. The van der Waals surface area contributed by atoms with E-state index in [4.69, 9.17) is 0 Å². The van der Waals surface area contributed by atoms with Gasteiger partial charge in [-0.25, -0.2) is 0 Å². The Bertz CT molecular complexity index is 838. The molecule has 1 saturated heterocycles. The number of halogens is 1. The van der Waals surface area contributed by atoms with E-state index in [2.05, 4.69) is 43.6 Å². The van der Waals surface area contributed by atoms with Crippen molar-refractivity contribution in [1.82, 2.24) is 10.2 Å². The Hall–Kier alpha value is -2.18. The summed E-state index contributed by atoms with van der Waals surface area (Å²) >= 11 is 3.47. The molecule has 154 valence electrons. The van der Waals surface area contributed by atoms with Crippen molar-refractivity contribution in [3.8, 4) is 0 Å². The number of carbonyl (C=O) groups excluding carboxylic acids is 2. The number of amides is 2. The molecule has 1 unspecified atom stereocenters. The Kier molecular flexibility index (Phi) is 7.83. The maximum absolute atomic E-state index is 12.9. The number of piperidine rings is 1. The summed E-state index contributed by atoms with van der Waals surface area (Å²) in [5.74, 6) is -0.240. The number of nitrogens with zero attached hydrogens (tertiary/aromatic N) is 1. The zero-order valence-electron chi connectivity index (χ0n) is 16.8. The molecule has 6 heteroatoms. The third kappa shape index (κ3) is 6.15. The van der Waals surface area contributed by atoms with E-state index in [-0.39, 0.29) is 17.7 Å². The van der Waals surface area contributed by atoms with Crippen LogP contribution in [0.25, 0.3) is 0 Å². The first-order valence-electron chi connectivity index (χ1n) is 10.2. The molecule has 1 atom stereocenters. The smallest absolute Gasteiger partial charge is 0.253 e. The van der Waals surface area contributed by atoms with E-state index in [1.165, 1.54) is 5.56 Å². The van der Waals surface area contributed by atoms with Crippen molar-refractivity contribution in [3.63, 3.8) is 0 Å². The molecule has 5 nitrogen and oxygen atoms in total. The van der Waals surface area contributed by atoms with Gasteiger partial charge in [0, 0.05) is 24.1 Å². The van der Waals surface area contributed by atoms with Crippen LogP contribution in [0.15, 0.2) is 53.0 Å². The van der Waals surface area contributed by atoms with Gasteiger partial charge in [0.05, 0.1) is 17.2 Å². The molecule has 29 heavy (non-hydrogen) atoms. The van der Waals surface area contributed by atoms with Crippen LogP contribution in [0.2, 0.25) is 0 Å². The quantitative estimate of drug-likeness (QED) is 0.645. The fraction of sp³-hybridized carbons (Fsp3) is 0.391. The van der Waals surface area contributed by atoms with E-state index in [0.717, 1.165) is 43.4 Å². The van der Waals surface area contributed by atoms with Gasteiger partial charge in [-0.2, -0.15) is 0 Å². The van der Waals surface area contributed by atoms with Crippen LogP contribution in [-0.2, 0) is 11.3 Å². The zero-order valence-corrected chi connectivity index (χ0v) is 18.4. The maximum atomic E-state index is 12.9. The highest BCUT2D eigenvalue weighted by Gasteiger charge is 2.26. The number of anilines is 1. The standard InChI is InChI=1S/C23H28BrN3O2/c1-2-13-25-23(29)20-7-3-4-8-21(20)26-22(28)18-6-5-14-27(16-18)15-17-9-11-19(24)12-10-17/h3-4,7-12,18H,2,5-6,13-16H2,1H3,(H,25,29)(H,26,28). The van der Waals surface area contributed by atoms with Crippen molar-refractivity contribution in [3.05, 3.63) is 64.1 Å². The van der Waals surface area contributed by atoms with Gasteiger partial charge in [-0.05, 0) is 55.6 Å². The largest absolute Gasteiger partial charge is 0.352 e. The van der Waals surface area contributed by atoms with Gasteiger partial charge in [-0.3, -0.25) is 14.5 Å². The average molecular weight is 458 g/mol. The Morgan fingerprint density at radius 2 is 1.90 bits per heavy atom. The first-order chi connectivity index (χ1) is 14.1. The van der Waals surface area contributed by atoms with E-state index in [9.17, 15) is 9.59 Å². The number of hydrogen-bond donors (Lipinski definition) is 2. The topological polar surface area (TPSA) is 61.4 Å². The van der Waals surface area contributed by atoms with Crippen LogP contribution in [0.4, 0.5) is 5.69 Å². The summed E-state index contributed by atoms with van der Waals surface area (Å²) in [4.78, 5) is 27.6. The van der Waals surface area contributed by atoms with Crippen LogP contribution in [-0.4, -0.2) is 36.3 Å². The van der Waals surface area contributed by atoms with Gasteiger partial charge in [-0.15, -0.1) is 0 Å². The monoisotopic (exact) mass is 457 g/mol. The van der Waals surface area contributed by atoms with Gasteiger partial charge in [0.2, 0.25) is 5.91 Å². The molecule has 2 N–H and O–H groups in total. The van der Waals surface area contributed by atoms with Gasteiger partial charge < -0.3 is 10.6 Å². The summed E-state index contributed by atoms with van der Waals surface area (Å²) in [7, 11) is 0. The number of para-hydroxylation sites is 1. The third-order valence-corrected chi connectivity index (χ3v) is 5.69. The zero-order chi connectivity index (χ0) is 20.6. The minimum atomic E-state index is -0.150. The Labute approximate surface area is 181 Å². The fourth-order valence-corrected chi connectivity index (χ4v) is 3.88. The Morgan fingerprint density at radius 3 is 2.66 bits per heavy atom. The normalized spacial score (nSPS) is 17.0. The lowest BCUT2D eigenvalue weighted by atomic mass is 9.96. The van der Waals surface area contributed by atoms with Crippen molar-refractivity contribution < 1.29 is 9.59 Å². The lowest BCUT2D eigenvalue weighted by molar-refractivity contribution is -0.121. The molecule has 2 amide bonds. The second-order valence-corrected chi connectivity index (χ2v) is 8.41. The second-order valence-electron chi connectivity index (χ2n) is 7.49. The number of nitrogens with one attached hydrogen (secondary N) is 2. The van der Waals surface area contributed by atoms with E-state index < -0.39 is 0 Å². The summed E-state index contributed by atoms with van der Waals surface area (Å²) in [6.07, 6.45) is 2.73. The van der Waals surface area contributed by atoms with E-state index >= 15 is 0 Å². The molecular formula is C23H28BrN3O2. The van der Waals surface area contributed by atoms with Crippen molar-refractivity contribution >= 4 is 33.4 Å². The predicted octanol–water partition coefficient (Wildman–Crippen LogP) is 4.44. The molecule has 0 spiro atoms. The first-order valence-corrected chi connectivity index (χ1v) is 11.0. The Morgan fingerprint density at radius 1 is 1.14 bits per heavy atom. The molecule has 1 fully saturated rings. The molecule has 0 aromatic heterocycles. The van der Waals surface area contributed by atoms with Crippen LogP contribution in [0.1, 0.15) is 42.1 Å². The van der Waals surface area contributed by atoms with Crippen molar-refractivity contribution in [2.45, 2.75) is 32.7 Å². The number of carbonyl (C=O) groups is 2. The highest BCUT2D eigenvalue weighted by molar-refractivity contribution is 9.10. The molecule has 1 heterocycles. The SMILES string of the molecule is CCCNC(=O)c1ccccc1NC(=O)C1CCCN(Cc2ccc(Br)cc2)C1. The number of rotatable bonds is 7. The number of likely N-dealkylation sites (tertiary alicyclic amines) is 1. The molecule has 0 bridgehead atoms. The van der Waals surface area contributed by atoms with Gasteiger partial charge in [0.15, 0.2) is 0 Å². The minimum absolute atomic E-state index is 0.0127. The van der Waals surface area contributed by atoms with Gasteiger partial charge in [0.25, 0.3) is 5.91 Å². The van der Waals surface area contributed by atoms with Crippen LogP contribution < -0.4 is 10.6 Å². The molecule has 1 aliphatic rings. The van der Waals surface area contributed by atoms with Gasteiger partial charge in [-0.1, -0.05) is 47.1 Å². The molecular weight excluding hydrogens is 430 g/mol. The number of hydrogen-bond acceptors (Lipinski definition) is 3. The molecule has 0 aliphatic carbocycles. The van der Waals surface area contributed by atoms with Gasteiger partial charge in [0.1, 0.15) is 0 Å². The molecule has 3 rings (SSSR count). The number of benzene rings is 2. The fourth-order valence-electron chi connectivity index (χ4n) is 3.62. The van der Waals surface area contributed by atoms with Crippen molar-refractivity contribution in [2.24, 2.45) is 5.92 Å². The lowest BCUT2D eigenvalue weighted by Crippen LogP contribution is -2.40. The highest BCUT2D eigenvalue weighted by atomic mass is 79.9. The summed E-state index contributed by atoms with van der Waals surface area (Å²) in [6.45, 7) is 5.20. The molecule has 0 radical (unpaired) electrons. The summed E-state index contributed by atoms with van der Waals surface area (Å²) < 4.78 is 1.07. The molecule has 1 aliphatic heterocycles. The summed E-state index contributed by atoms with van der Waals surface area (Å²) in [5, 5.41) is 5.88. The van der Waals surface area contributed by atoms with Crippen molar-refractivity contribution in [2.75, 3.05) is 25.0 Å². The summed E-state index contributed by atoms with van der Waals surface area (Å²) in [6, 6.07) is 15.5. The third-order valence-electron chi connectivity index (χ3n) is 5.16. The van der Waals surface area contributed by atoms with Gasteiger partial charge >= 0.3 is 0 Å².